The van der Waals surface area contributed by atoms with Crippen molar-refractivity contribution in [2.24, 2.45) is 0 Å². The molecule has 1 fully saturated rings. The summed E-state index contributed by atoms with van der Waals surface area (Å²) in [6, 6.07) is 0.121. The quantitative estimate of drug-likeness (QED) is 0.857. The molecule has 0 spiro atoms. The predicted octanol–water partition coefficient (Wildman–Crippen LogP) is 0.874. The Morgan fingerprint density at radius 2 is 2.25 bits per heavy atom. The summed E-state index contributed by atoms with van der Waals surface area (Å²) in [7, 11) is 0. The van der Waals surface area contributed by atoms with Crippen LogP contribution in [-0.4, -0.2) is 39.8 Å². The van der Waals surface area contributed by atoms with Crippen LogP contribution in [0.4, 0.5) is 5.82 Å². The van der Waals surface area contributed by atoms with E-state index in [9.17, 15) is 4.79 Å². The molecule has 8 heteroatoms. The van der Waals surface area contributed by atoms with E-state index in [2.05, 4.69) is 15.4 Å². The second-order valence-corrected chi connectivity index (χ2v) is 5.07. The van der Waals surface area contributed by atoms with E-state index in [1.54, 1.807) is 0 Å². The Kier molecular flexibility index (Phi) is 3.45. The number of nitrogens with one attached hydrogen (secondary N) is 1. The second kappa shape index (κ2) is 5.26. The van der Waals surface area contributed by atoms with Crippen molar-refractivity contribution < 1.29 is 9.53 Å². The first-order valence-corrected chi connectivity index (χ1v) is 6.71. The molecule has 1 aliphatic heterocycles. The number of nitrogens with two attached hydrogens (primary N) is 1. The molecule has 106 valence electrons. The highest BCUT2D eigenvalue weighted by atomic mass is 35.5. The summed E-state index contributed by atoms with van der Waals surface area (Å²) in [5, 5.41) is 7.33. The zero-order chi connectivity index (χ0) is 14.1. The highest BCUT2D eigenvalue weighted by Gasteiger charge is 2.20. The van der Waals surface area contributed by atoms with Crippen LogP contribution in [-0.2, 0) is 4.74 Å². The Bertz CT molecular complexity index is 651. The van der Waals surface area contributed by atoms with Crippen molar-refractivity contribution in [1.82, 2.24) is 19.9 Å². The molecule has 2 aromatic heterocycles. The third-order valence-corrected chi connectivity index (χ3v) is 3.57. The molecule has 7 nitrogen and oxygen atoms in total. The molecule has 1 amide bonds. The van der Waals surface area contributed by atoms with Gasteiger partial charge in [-0.1, -0.05) is 11.6 Å². The van der Waals surface area contributed by atoms with Crippen molar-refractivity contribution in [3.8, 4) is 0 Å². The van der Waals surface area contributed by atoms with Gasteiger partial charge in [0.15, 0.2) is 5.65 Å². The van der Waals surface area contributed by atoms with E-state index in [1.165, 1.54) is 16.9 Å². The lowest BCUT2D eigenvalue weighted by molar-refractivity contribution is 0.0697. The summed E-state index contributed by atoms with van der Waals surface area (Å²) in [6.07, 6.45) is 4.62. The van der Waals surface area contributed by atoms with Gasteiger partial charge < -0.3 is 15.8 Å². The number of carbonyl (C=O) groups excluding carboxylic acids is 1. The number of amides is 1. The first-order valence-electron chi connectivity index (χ1n) is 6.33. The summed E-state index contributed by atoms with van der Waals surface area (Å²) < 4.78 is 6.70. The van der Waals surface area contributed by atoms with Gasteiger partial charge >= 0.3 is 0 Å². The number of halogens is 1. The largest absolute Gasteiger partial charge is 0.382 e. The molecule has 3 rings (SSSR count). The SMILES string of the molecule is Nc1nc2c(C(=O)NC3CCOCC3)cnn2cc1Cl. The number of hydrogen-bond acceptors (Lipinski definition) is 5. The molecule has 0 aromatic carbocycles. The maximum Gasteiger partial charge on any atom is 0.256 e. The number of anilines is 1. The summed E-state index contributed by atoms with van der Waals surface area (Å²) in [6.45, 7) is 1.33. The van der Waals surface area contributed by atoms with Crippen molar-refractivity contribution in [2.45, 2.75) is 18.9 Å². The lowest BCUT2D eigenvalue weighted by Crippen LogP contribution is -2.38. The van der Waals surface area contributed by atoms with Crippen LogP contribution in [0.25, 0.3) is 5.65 Å². The Labute approximate surface area is 120 Å². The minimum Gasteiger partial charge on any atom is -0.382 e. The van der Waals surface area contributed by atoms with E-state index in [1.807, 2.05) is 0 Å². The first kappa shape index (κ1) is 13.1. The molecule has 20 heavy (non-hydrogen) atoms. The van der Waals surface area contributed by atoms with E-state index < -0.39 is 0 Å². The Hall–Kier alpha value is -1.86. The van der Waals surface area contributed by atoms with Gasteiger partial charge in [-0.15, -0.1) is 0 Å². The van der Waals surface area contributed by atoms with Gasteiger partial charge in [0.25, 0.3) is 5.91 Å². The van der Waals surface area contributed by atoms with Crippen molar-refractivity contribution in [1.29, 1.82) is 0 Å². The second-order valence-electron chi connectivity index (χ2n) is 4.66. The highest BCUT2D eigenvalue weighted by Crippen LogP contribution is 2.18. The standard InChI is InChI=1S/C12H14ClN5O2/c13-9-6-18-11(17-10(9)14)8(5-15-18)12(19)16-7-1-3-20-4-2-7/h5-7H,1-4H2,(H2,14,17)(H,16,19). The summed E-state index contributed by atoms with van der Waals surface area (Å²) in [4.78, 5) is 16.4. The minimum atomic E-state index is -0.207. The first-order chi connectivity index (χ1) is 9.65. The average Bonchev–Trinajstić information content (AvgIpc) is 2.83. The lowest BCUT2D eigenvalue weighted by atomic mass is 10.1. The zero-order valence-electron chi connectivity index (χ0n) is 10.7. The van der Waals surface area contributed by atoms with Crippen LogP contribution >= 0.6 is 11.6 Å². The van der Waals surface area contributed by atoms with E-state index in [-0.39, 0.29) is 17.8 Å². The fourth-order valence-electron chi connectivity index (χ4n) is 2.17. The molecular formula is C12H14ClN5O2. The van der Waals surface area contributed by atoms with Crippen LogP contribution in [0.5, 0.6) is 0 Å². The Morgan fingerprint density at radius 1 is 1.50 bits per heavy atom. The normalized spacial score (nSPS) is 16.4. The molecule has 2 aromatic rings. The Balaban J connectivity index is 1.85. The molecular weight excluding hydrogens is 282 g/mol. The van der Waals surface area contributed by atoms with Crippen LogP contribution in [0.1, 0.15) is 23.2 Å². The number of rotatable bonds is 2. The molecule has 0 aliphatic carbocycles. The fourth-order valence-corrected chi connectivity index (χ4v) is 2.30. The van der Waals surface area contributed by atoms with E-state index in [0.717, 1.165) is 12.8 Å². The lowest BCUT2D eigenvalue weighted by Gasteiger charge is -2.22. The summed E-state index contributed by atoms with van der Waals surface area (Å²) >= 11 is 5.87. The molecule has 1 aliphatic rings. The van der Waals surface area contributed by atoms with Gasteiger partial charge in [-0.2, -0.15) is 5.10 Å². The number of carbonyl (C=O) groups is 1. The topological polar surface area (TPSA) is 94.5 Å². The van der Waals surface area contributed by atoms with Crippen LogP contribution in [0.2, 0.25) is 5.02 Å². The number of fused-ring (bicyclic) bond motifs is 1. The monoisotopic (exact) mass is 295 g/mol. The van der Waals surface area contributed by atoms with Crippen molar-refractivity contribution in [3.05, 3.63) is 23.0 Å². The molecule has 0 atom stereocenters. The summed E-state index contributed by atoms with van der Waals surface area (Å²) in [5.74, 6) is -0.0269. The third-order valence-electron chi connectivity index (χ3n) is 3.28. The number of nitrogen functional groups attached to an aromatic ring is 1. The molecule has 0 bridgehead atoms. The van der Waals surface area contributed by atoms with Crippen LogP contribution in [0, 0.1) is 0 Å². The maximum atomic E-state index is 12.3. The third kappa shape index (κ3) is 2.41. The fraction of sp³-hybridized carbons (Fsp3) is 0.417. The van der Waals surface area contributed by atoms with Gasteiger partial charge in [0.05, 0.1) is 12.4 Å². The van der Waals surface area contributed by atoms with E-state index in [4.69, 9.17) is 22.1 Å². The molecule has 1 saturated heterocycles. The smallest absolute Gasteiger partial charge is 0.256 e. The van der Waals surface area contributed by atoms with E-state index >= 15 is 0 Å². The maximum absolute atomic E-state index is 12.3. The molecule has 3 heterocycles. The molecule has 0 saturated carbocycles. The predicted molar refractivity (Wildman–Crippen MR) is 73.7 cm³/mol. The van der Waals surface area contributed by atoms with Crippen LogP contribution in [0.15, 0.2) is 12.4 Å². The number of aromatic nitrogens is 3. The Morgan fingerprint density at radius 3 is 3.00 bits per heavy atom. The number of nitrogens with zero attached hydrogens (tertiary/aromatic N) is 3. The van der Waals surface area contributed by atoms with E-state index in [0.29, 0.717) is 29.4 Å². The summed E-state index contributed by atoms with van der Waals surface area (Å²) in [5.41, 5.74) is 6.45. The van der Waals surface area contributed by atoms with Gasteiger partial charge in [-0.25, -0.2) is 9.50 Å². The van der Waals surface area contributed by atoms with Gasteiger partial charge in [0.1, 0.15) is 16.4 Å². The van der Waals surface area contributed by atoms with Crippen molar-refractivity contribution in [3.63, 3.8) is 0 Å². The number of hydrogen-bond donors (Lipinski definition) is 2. The van der Waals surface area contributed by atoms with Crippen molar-refractivity contribution >= 4 is 29.0 Å². The molecule has 0 unspecified atom stereocenters. The van der Waals surface area contributed by atoms with Crippen LogP contribution < -0.4 is 11.1 Å². The zero-order valence-corrected chi connectivity index (χ0v) is 11.4. The van der Waals surface area contributed by atoms with Gasteiger partial charge in [-0.3, -0.25) is 4.79 Å². The van der Waals surface area contributed by atoms with Gasteiger partial charge in [0, 0.05) is 19.3 Å². The van der Waals surface area contributed by atoms with Crippen molar-refractivity contribution in [2.75, 3.05) is 18.9 Å². The van der Waals surface area contributed by atoms with Gasteiger partial charge in [0.2, 0.25) is 0 Å². The van der Waals surface area contributed by atoms with Crippen LogP contribution in [0.3, 0.4) is 0 Å². The average molecular weight is 296 g/mol. The highest BCUT2D eigenvalue weighted by molar-refractivity contribution is 6.32. The van der Waals surface area contributed by atoms with Gasteiger partial charge in [-0.05, 0) is 12.8 Å². The molecule has 0 radical (unpaired) electrons. The minimum absolute atomic E-state index is 0.121. The molecule has 3 N–H and O–H groups in total. The number of ether oxygens (including phenoxy) is 1.